The predicted octanol–water partition coefficient (Wildman–Crippen LogP) is 5.12. The number of benzene rings is 1. The van der Waals surface area contributed by atoms with Crippen LogP contribution in [-0.2, 0) is 17.6 Å². The molecule has 0 aliphatic rings. The molecule has 2 aromatic rings. The van der Waals surface area contributed by atoms with Crippen LogP contribution in [0.3, 0.4) is 0 Å². The summed E-state index contributed by atoms with van der Waals surface area (Å²) in [6, 6.07) is 8.63. The monoisotopic (exact) mass is 383 g/mol. The molecule has 0 aliphatic carbocycles. The molecular formula is C23H37N5. The minimum Gasteiger partial charge on any atom is -0.301 e. The summed E-state index contributed by atoms with van der Waals surface area (Å²) in [5.74, 6) is 0.885. The van der Waals surface area contributed by atoms with Crippen molar-refractivity contribution in [2.24, 2.45) is 5.41 Å². The summed E-state index contributed by atoms with van der Waals surface area (Å²) in [6.07, 6.45) is 4.71. The van der Waals surface area contributed by atoms with E-state index in [0.29, 0.717) is 0 Å². The number of hydrogen-bond acceptors (Lipinski definition) is 4. The van der Waals surface area contributed by atoms with Crippen LogP contribution in [0.2, 0.25) is 0 Å². The Morgan fingerprint density at radius 2 is 1.71 bits per heavy atom. The highest BCUT2D eigenvalue weighted by Gasteiger charge is 2.38. The summed E-state index contributed by atoms with van der Waals surface area (Å²) in [7, 11) is 0. The molecule has 0 amide bonds. The molecule has 0 aliphatic heterocycles. The van der Waals surface area contributed by atoms with Crippen molar-refractivity contribution in [3.05, 3.63) is 53.9 Å². The lowest BCUT2D eigenvalue weighted by atomic mass is 9.81. The molecule has 2 rings (SSSR count). The van der Waals surface area contributed by atoms with Crippen molar-refractivity contribution < 1.29 is 0 Å². The van der Waals surface area contributed by atoms with Gasteiger partial charge in [0.05, 0.1) is 11.1 Å². The molecule has 0 fully saturated rings. The zero-order valence-corrected chi connectivity index (χ0v) is 18.7. The van der Waals surface area contributed by atoms with E-state index < -0.39 is 0 Å². The molecule has 0 spiro atoms. The molecule has 154 valence electrons. The van der Waals surface area contributed by atoms with Gasteiger partial charge in [-0.25, -0.2) is 4.68 Å². The molecule has 1 N–H and O–H groups in total. The summed E-state index contributed by atoms with van der Waals surface area (Å²) in [5.41, 5.74) is 2.17. The molecule has 5 heteroatoms. The van der Waals surface area contributed by atoms with Crippen LogP contribution >= 0.6 is 0 Å². The average molecular weight is 384 g/mol. The first-order valence-corrected chi connectivity index (χ1v) is 10.2. The summed E-state index contributed by atoms with van der Waals surface area (Å²) in [4.78, 5) is 0. The number of tetrazole rings is 1. The number of aryl methyl sites for hydroxylation is 1. The van der Waals surface area contributed by atoms with Crippen LogP contribution in [0.15, 0.2) is 36.9 Å². The van der Waals surface area contributed by atoms with E-state index >= 15 is 0 Å². The Bertz CT molecular complexity index is 767. The molecule has 28 heavy (non-hydrogen) atoms. The smallest absolute Gasteiger partial charge is 0.171 e. The van der Waals surface area contributed by atoms with Gasteiger partial charge in [0.2, 0.25) is 0 Å². The Kier molecular flexibility index (Phi) is 6.81. The van der Waals surface area contributed by atoms with Crippen LogP contribution in [0.1, 0.15) is 77.8 Å². The van der Waals surface area contributed by atoms with Gasteiger partial charge in [-0.15, -0.1) is 11.7 Å². The van der Waals surface area contributed by atoms with E-state index in [1.165, 1.54) is 11.1 Å². The van der Waals surface area contributed by atoms with Crippen molar-refractivity contribution in [1.29, 1.82) is 0 Å². The number of nitrogens with one attached hydrogen (secondary N) is 1. The molecule has 1 heterocycles. The van der Waals surface area contributed by atoms with Crippen LogP contribution in [0.5, 0.6) is 0 Å². The molecule has 1 aromatic carbocycles. The Balaban J connectivity index is 2.33. The number of allylic oxidation sites excluding steroid dienone is 1. The normalized spacial score (nSPS) is 14.7. The summed E-state index contributed by atoms with van der Waals surface area (Å²) in [6.45, 7) is 20.2. The van der Waals surface area contributed by atoms with Crippen molar-refractivity contribution in [3.63, 3.8) is 0 Å². The number of nitrogens with zero attached hydrogens (tertiary/aromatic N) is 4. The standard InChI is InChI=1S/C23H37N5/c1-9-10-15-23(8,24-16-19-13-11-18(2)12-14-19)20-25-26-27-28(20)22(6,7)17-21(3,4)5/h9,11-14,24H,1,10,15-17H2,2-8H3. The first-order chi connectivity index (χ1) is 13.0. The van der Waals surface area contributed by atoms with Gasteiger partial charge in [-0.1, -0.05) is 56.7 Å². The maximum Gasteiger partial charge on any atom is 0.171 e. The predicted molar refractivity (Wildman–Crippen MR) is 116 cm³/mol. The van der Waals surface area contributed by atoms with Gasteiger partial charge in [0, 0.05) is 6.54 Å². The molecule has 5 nitrogen and oxygen atoms in total. The van der Waals surface area contributed by atoms with Crippen molar-refractivity contribution in [2.45, 2.75) is 85.4 Å². The quantitative estimate of drug-likeness (QED) is 0.610. The maximum absolute atomic E-state index is 4.47. The molecule has 0 radical (unpaired) electrons. The highest BCUT2D eigenvalue weighted by Crippen LogP contribution is 2.35. The zero-order chi connectivity index (χ0) is 21.0. The lowest BCUT2D eigenvalue weighted by Crippen LogP contribution is -2.45. The third-order valence-electron chi connectivity index (χ3n) is 5.15. The molecule has 0 saturated heterocycles. The summed E-state index contributed by atoms with van der Waals surface area (Å²) in [5, 5.41) is 16.7. The van der Waals surface area contributed by atoms with E-state index in [1.54, 1.807) is 0 Å². The van der Waals surface area contributed by atoms with Crippen LogP contribution in [0.25, 0.3) is 0 Å². The molecule has 1 aromatic heterocycles. The molecule has 0 saturated carbocycles. The second-order valence-electron chi connectivity index (χ2n) is 9.96. The fourth-order valence-electron chi connectivity index (χ4n) is 3.98. The van der Waals surface area contributed by atoms with E-state index in [4.69, 9.17) is 0 Å². The van der Waals surface area contributed by atoms with E-state index in [9.17, 15) is 0 Å². The Labute approximate surface area is 170 Å². The van der Waals surface area contributed by atoms with E-state index in [-0.39, 0.29) is 16.5 Å². The van der Waals surface area contributed by atoms with Gasteiger partial charge < -0.3 is 5.32 Å². The highest BCUT2D eigenvalue weighted by molar-refractivity contribution is 5.21. The topological polar surface area (TPSA) is 55.6 Å². The summed E-state index contributed by atoms with van der Waals surface area (Å²) >= 11 is 0. The van der Waals surface area contributed by atoms with Gasteiger partial charge in [-0.2, -0.15) is 0 Å². The Morgan fingerprint density at radius 3 is 2.29 bits per heavy atom. The second-order valence-corrected chi connectivity index (χ2v) is 9.96. The third-order valence-corrected chi connectivity index (χ3v) is 5.15. The Morgan fingerprint density at radius 1 is 1.07 bits per heavy atom. The van der Waals surface area contributed by atoms with E-state index in [0.717, 1.165) is 31.6 Å². The van der Waals surface area contributed by atoms with Crippen LogP contribution < -0.4 is 5.32 Å². The average Bonchev–Trinajstić information content (AvgIpc) is 3.09. The lowest BCUT2D eigenvalue weighted by Gasteiger charge is -2.37. The number of rotatable bonds is 9. The van der Waals surface area contributed by atoms with Crippen LogP contribution in [-0.4, -0.2) is 20.2 Å². The largest absolute Gasteiger partial charge is 0.301 e. The summed E-state index contributed by atoms with van der Waals surface area (Å²) < 4.78 is 2.02. The van der Waals surface area contributed by atoms with Crippen molar-refractivity contribution in [2.75, 3.05) is 0 Å². The van der Waals surface area contributed by atoms with Crippen molar-refractivity contribution in [3.8, 4) is 0 Å². The molecule has 0 bridgehead atoms. The van der Waals surface area contributed by atoms with Gasteiger partial charge >= 0.3 is 0 Å². The second kappa shape index (κ2) is 8.56. The van der Waals surface area contributed by atoms with Gasteiger partial charge in [0.1, 0.15) is 0 Å². The number of hydrogen-bond donors (Lipinski definition) is 1. The molecular weight excluding hydrogens is 346 g/mol. The van der Waals surface area contributed by atoms with Gasteiger partial charge in [0.25, 0.3) is 0 Å². The SMILES string of the molecule is C=CCCC(C)(NCc1ccc(C)cc1)c1nnnn1C(C)(C)CC(C)(C)C. The molecule has 1 unspecified atom stereocenters. The van der Waals surface area contributed by atoms with Gasteiger partial charge in [-0.3, -0.25) is 0 Å². The van der Waals surface area contributed by atoms with Gasteiger partial charge in [0.15, 0.2) is 5.82 Å². The van der Waals surface area contributed by atoms with Crippen LogP contribution in [0.4, 0.5) is 0 Å². The van der Waals surface area contributed by atoms with Crippen molar-refractivity contribution >= 4 is 0 Å². The minimum atomic E-state index is -0.349. The van der Waals surface area contributed by atoms with Crippen molar-refractivity contribution in [1.82, 2.24) is 25.5 Å². The fourth-order valence-corrected chi connectivity index (χ4v) is 3.98. The highest BCUT2D eigenvalue weighted by atomic mass is 15.6. The van der Waals surface area contributed by atoms with E-state index in [1.807, 2.05) is 10.8 Å². The lowest BCUT2D eigenvalue weighted by molar-refractivity contribution is 0.174. The number of aromatic nitrogens is 4. The minimum absolute atomic E-state index is 0.180. The maximum atomic E-state index is 4.47. The van der Waals surface area contributed by atoms with Gasteiger partial charge in [-0.05, 0) is 68.4 Å². The fraction of sp³-hybridized carbons (Fsp3) is 0.609. The zero-order valence-electron chi connectivity index (χ0n) is 18.7. The van der Waals surface area contributed by atoms with E-state index in [2.05, 4.69) is 100 Å². The third kappa shape index (κ3) is 5.74. The molecule has 1 atom stereocenters. The first kappa shape index (κ1) is 22.3. The Hall–Kier alpha value is -2.01. The first-order valence-electron chi connectivity index (χ1n) is 10.2. The van der Waals surface area contributed by atoms with Crippen LogP contribution in [0, 0.1) is 12.3 Å².